The SMILES string of the molecule is O=C(Cn1nnc2ccccc2c1=O)NCCN1C(=O)S/C(=C\c2ccc3c(c2)OCO3)C1=O. The number of carbonyl (C=O) groups is 3. The van der Waals surface area contributed by atoms with Crippen LogP contribution in [0.2, 0.25) is 0 Å². The molecule has 3 heterocycles. The number of nitrogens with one attached hydrogen (secondary N) is 1. The molecule has 1 N–H and O–H groups in total. The number of hydrogen-bond acceptors (Lipinski definition) is 9. The summed E-state index contributed by atoms with van der Waals surface area (Å²) < 4.78 is 11.6. The van der Waals surface area contributed by atoms with Gasteiger partial charge in [0.05, 0.1) is 10.3 Å². The van der Waals surface area contributed by atoms with Gasteiger partial charge in [-0.3, -0.25) is 24.1 Å². The normalized spacial score (nSPS) is 16.0. The summed E-state index contributed by atoms with van der Waals surface area (Å²) in [6, 6.07) is 11.9. The van der Waals surface area contributed by atoms with Gasteiger partial charge in [-0.05, 0) is 47.7 Å². The zero-order chi connectivity index (χ0) is 23.7. The van der Waals surface area contributed by atoms with Crippen molar-refractivity contribution in [2.45, 2.75) is 6.54 Å². The van der Waals surface area contributed by atoms with E-state index < -0.39 is 22.6 Å². The van der Waals surface area contributed by atoms with E-state index in [1.807, 2.05) is 0 Å². The van der Waals surface area contributed by atoms with Gasteiger partial charge < -0.3 is 14.8 Å². The molecule has 1 fully saturated rings. The Bertz CT molecular complexity index is 1420. The molecule has 2 aliphatic rings. The maximum atomic E-state index is 12.7. The molecule has 12 heteroatoms. The lowest BCUT2D eigenvalue weighted by Crippen LogP contribution is -2.40. The van der Waals surface area contributed by atoms with Crippen molar-refractivity contribution in [1.82, 2.24) is 25.2 Å². The van der Waals surface area contributed by atoms with Gasteiger partial charge in [0.25, 0.3) is 16.7 Å². The monoisotopic (exact) mass is 479 g/mol. The molecule has 0 unspecified atom stereocenters. The molecule has 172 valence electrons. The molecule has 2 aromatic carbocycles. The topological polar surface area (TPSA) is 133 Å². The van der Waals surface area contributed by atoms with Crippen LogP contribution in [0.1, 0.15) is 5.56 Å². The van der Waals surface area contributed by atoms with Crippen LogP contribution in [-0.2, 0) is 16.1 Å². The van der Waals surface area contributed by atoms with Crippen LogP contribution in [0, 0.1) is 0 Å². The summed E-state index contributed by atoms with van der Waals surface area (Å²) in [6.07, 6.45) is 1.61. The summed E-state index contributed by atoms with van der Waals surface area (Å²) in [5, 5.41) is 10.2. The number of carbonyl (C=O) groups excluding carboxylic acids is 3. The molecule has 5 rings (SSSR count). The van der Waals surface area contributed by atoms with Crippen LogP contribution in [0.15, 0.2) is 52.2 Å². The number of ether oxygens (including phenoxy) is 2. The standard InChI is InChI=1S/C22H17N5O6S/c28-19(11-27-20(29)14-3-1-2-4-15(14)24-25-27)23-7-8-26-21(30)18(34-22(26)31)10-13-5-6-16-17(9-13)33-12-32-16/h1-6,9-10H,7-8,11-12H2,(H,23,28)/b18-10-. The van der Waals surface area contributed by atoms with E-state index in [2.05, 4.69) is 15.6 Å². The molecular weight excluding hydrogens is 462 g/mol. The highest BCUT2D eigenvalue weighted by molar-refractivity contribution is 8.18. The van der Waals surface area contributed by atoms with Gasteiger partial charge >= 0.3 is 0 Å². The summed E-state index contributed by atoms with van der Waals surface area (Å²) in [7, 11) is 0. The first-order valence-electron chi connectivity index (χ1n) is 10.2. The number of amides is 3. The minimum absolute atomic E-state index is 0.00676. The first-order chi connectivity index (χ1) is 16.5. The number of thioether (sulfide) groups is 1. The summed E-state index contributed by atoms with van der Waals surface area (Å²) in [4.78, 5) is 51.0. The second-order valence-corrected chi connectivity index (χ2v) is 8.36. The Balaban J connectivity index is 1.18. The number of aromatic nitrogens is 3. The molecule has 3 amide bonds. The predicted octanol–water partition coefficient (Wildman–Crippen LogP) is 1.37. The number of fused-ring (bicyclic) bond motifs is 2. The van der Waals surface area contributed by atoms with E-state index in [1.54, 1.807) is 48.5 Å². The Kier molecular flexibility index (Phi) is 5.72. The molecular formula is C22H17N5O6S. The third-order valence-corrected chi connectivity index (χ3v) is 6.06. The zero-order valence-electron chi connectivity index (χ0n) is 17.6. The fraction of sp³-hybridized carbons (Fsp3) is 0.182. The highest BCUT2D eigenvalue weighted by atomic mass is 32.2. The minimum atomic E-state index is -0.491. The zero-order valence-corrected chi connectivity index (χ0v) is 18.4. The van der Waals surface area contributed by atoms with Crippen molar-refractivity contribution in [2.75, 3.05) is 19.9 Å². The molecule has 0 atom stereocenters. The molecule has 0 aliphatic carbocycles. The second kappa shape index (κ2) is 8.98. The van der Waals surface area contributed by atoms with E-state index in [0.717, 1.165) is 21.3 Å². The molecule has 1 aromatic heterocycles. The Morgan fingerprint density at radius 1 is 1.12 bits per heavy atom. The summed E-state index contributed by atoms with van der Waals surface area (Å²) >= 11 is 0.824. The smallest absolute Gasteiger partial charge is 0.293 e. The third-order valence-electron chi connectivity index (χ3n) is 5.15. The average Bonchev–Trinajstić information content (AvgIpc) is 3.40. The van der Waals surface area contributed by atoms with Gasteiger partial charge in [-0.2, -0.15) is 0 Å². The van der Waals surface area contributed by atoms with Crippen molar-refractivity contribution in [2.24, 2.45) is 0 Å². The van der Waals surface area contributed by atoms with Gasteiger partial charge in [0.1, 0.15) is 12.1 Å². The van der Waals surface area contributed by atoms with Crippen LogP contribution < -0.4 is 20.3 Å². The highest BCUT2D eigenvalue weighted by Crippen LogP contribution is 2.36. The number of rotatable bonds is 6. The lowest BCUT2D eigenvalue weighted by Gasteiger charge is -2.13. The number of nitrogens with zero attached hydrogens (tertiary/aromatic N) is 4. The van der Waals surface area contributed by atoms with Crippen molar-refractivity contribution in [3.63, 3.8) is 0 Å². The molecule has 1 saturated heterocycles. The lowest BCUT2D eigenvalue weighted by molar-refractivity contribution is -0.124. The van der Waals surface area contributed by atoms with Crippen molar-refractivity contribution in [1.29, 1.82) is 0 Å². The van der Waals surface area contributed by atoms with Crippen LogP contribution >= 0.6 is 11.8 Å². The summed E-state index contributed by atoms with van der Waals surface area (Å²) in [6.45, 7) is -0.164. The molecule has 0 spiro atoms. The number of benzene rings is 2. The fourth-order valence-electron chi connectivity index (χ4n) is 3.47. The largest absolute Gasteiger partial charge is 0.454 e. The van der Waals surface area contributed by atoms with Crippen LogP contribution in [-0.4, -0.2) is 56.8 Å². The van der Waals surface area contributed by atoms with Crippen LogP contribution in [0.5, 0.6) is 11.5 Å². The van der Waals surface area contributed by atoms with E-state index in [4.69, 9.17) is 9.47 Å². The van der Waals surface area contributed by atoms with E-state index in [0.29, 0.717) is 28.0 Å². The molecule has 0 radical (unpaired) electrons. The Morgan fingerprint density at radius 2 is 1.94 bits per heavy atom. The first-order valence-corrected chi connectivity index (χ1v) is 11.1. The van der Waals surface area contributed by atoms with Crippen LogP contribution in [0.3, 0.4) is 0 Å². The van der Waals surface area contributed by atoms with Gasteiger partial charge in [0.15, 0.2) is 11.5 Å². The van der Waals surface area contributed by atoms with Crippen molar-refractivity contribution in [3.8, 4) is 11.5 Å². The van der Waals surface area contributed by atoms with Gasteiger partial charge in [-0.1, -0.05) is 23.4 Å². The fourth-order valence-corrected chi connectivity index (χ4v) is 4.34. The van der Waals surface area contributed by atoms with E-state index >= 15 is 0 Å². The highest BCUT2D eigenvalue weighted by Gasteiger charge is 2.34. The third kappa shape index (κ3) is 4.22. The van der Waals surface area contributed by atoms with E-state index in [9.17, 15) is 19.2 Å². The Hall–Kier alpha value is -4.19. The second-order valence-electron chi connectivity index (χ2n) is 7.37. The minimum Gasteiger partial charge on any atom is -0.454 e. The van der Waals surface area contributed by atoms with Crippen LogP contribution in [0.4, 0.5) is 4.79 Å². The molecule has 0 saturated carbocycles. The van der Waals surface area contributed by atoms with Gasteiger partial charge in [0.2, 0.25) is 12.7 Å². The quantitative estimate of drug-likeness (QED) is 0.521. The summed E-state index contributed by atoms with van der Waals surface area (Å²) in [5.41, 5.74) is 0.711. The average molecular weight is 479 g/mol. The molecule has 3 aromatic rings. The van der Waals surface area contributed by atoms with Gasteiger partial charge in [0, 0.05) is 13.1 Å². The van der Waals surface area contributed by atoms with E-state index in [-0.39, 0.29) is 31.3 Å². The predicted molar refractivity (Wildman–Crippen MR) is 122 cm³/mol. The van der Waals surface area contributed by atoms with Gasteiger partial charge in [-0.25, -0.2) is 4.68 Å². The van der Waals surface area contributed by atoms with Crippen molar-refractivity contribution in [3.05, 3.63) is 63.3 Å². The molecule has 0 bridgehead atoms. The molecule has 2 aliphatic heterocycles. The molecule has 11 nitrogen and oxygen atoms in total. The maximum Gasteiger partial charge on any atom is 0.293 e. The maximum absolute atomic E-state index is 12.7. The van der Waals surface area contributed by atoms with Gasteiger partial charge in [-0.15, -0.1) is 5.10 Å². The van der Waals surface area contributed by atoms with Crippen molar-refractivity contribution < 1.29 is 23.9 Å². The summed E-state index contributed by atoms with van der Waals surface area (Å²) in [5.74, 6) is 0.261. The lowest BCUT2D eigenvalue weighted by atomic mass is 10.2. The van der Waals surface area contributed by atoms with Crippen molar-refractivity contribution >= 4 is 45.8 Å². The number of imide groups is 1. The molecule has 34 heavy (non-hydrogen) atoms. The van der Waals surface area contributed by atoms with Crippen LogP contribution in [0.25, 0.3) is 17.0 Å². The Morgan fingerprint density at radius 3 is 2.82 bits per heavy atom. The number of hydrogen-bond donors (Lipinski definition) is 1. The first kappa shape index (κ1) is 21.6. The Labute approximate surface area is 196 Å². The van der Waals surface area contributed by atoms with E-state index in [1.165, 1.54) is 0 Å².